The van der Waals surface area contributed by atoms with Crippen LogP contribution in [0.15, 0.2) is 60.9 Å². The fourth-order valence-electron chi connectivity index (χ4n) is 4.00. The quantitative estimate of drug-likeness (QED) is 0.352. The van der Waals surface area contributed by atoms with E-state index < -0.39 is 17.7 Å². The summed E-state index contributed by atoms with van der Waals surface area (Å²) in [4.78, 5) is 12.4. The van der Waals surface area contributed by atoms with E-state index in [0.717, 1.165) is 38.6 Å². The summed E-state index contributed by atoms with van der Waals surface area (Å²) in [6.07, 6.45) is 2.51. The second-order valence-electron chi connectivity index (χ2n) is 8.86. The molecular weight excluding hydrogens is 424 g/mol. The molecule has 3 aromatic carbocycles. The Kier molecular flexibility index (Phi) is 5.80. The first-order valence-electron chi connectivity index (χ1n) is 10.4. The van der Waals surface area contributed by atoms with Crippen molar-refractivity contribution >= 4 is 28.3 Å². The van der Waals surface area contributed by atoms with Crippen molar-refractivity contribution in [3.05, 3.63) is 77.1 Å². The number of carbonyl (C=O) groups is 1. The molecule has 6 heteroatoms. The van der Waals surface area contributed by atoms with Crippen LogP contribution in [0.3, 0.4) is 0 Å². The third kappa shape index (κ3) is 4.40. The number of benzene rings is 3. The molecule has 0 amide bonds. The summed E-state index contributed by atoms with van der Waals surface area (Å²) in [7, 11) is 0. The lowest BCUT2D eigenvalue weighted by Gasteiger charge is -2.28. The summed E-state index contributed by atoms with van der Waals surface area (Å²) in [6.45, 7) is 7.51. The van der Waals surface area contributed by atoms with E-state index >= 15 is 0 Å². The van der Waals surface area contributed by atoms with Crippen molar-refractivity contribution in [1.29, 1.82) is 0 Å². The molecular formula is C26H25ClN2O3. The molecule has 32 heavy (non-hydrogen) atoms. The van der Waals surface area contributed by atoms with Gasteiger partial charge in [-0.1, -0.05) is 41.9 Å². The van der Waals surface area contributed by atoms with Crippen LogP contribution in [0.1, 0.15) is 38.0 Å². The first kappa shape index (κ1) is 22.1. The van der Waals surface area contributed by atoms with Crippen molar-refractivity contribution in [3.63, 3.8) is 0 Å². The molecule has 5 nitrogen and oxygen atoms in total. The van der Waals surface area contributed by atoms with Gasteiger partial charge < -0.3 is 9.84 Å². The van der Waals surface area contributed by atoms with Crippen LogP contribution in [0.5, 0.6) is 0 Å². The highest BCUT2D eigenvalue weighted by Crippen LogP contribution is 2.41. The van der Waals surface area contributed by atoms with Crippen LogP contribution >= 0.6 is 11.6 Å². The first-order chi connectivity index (χ1) is 15.1. The van der Waals surface area contributed by atoms with Gasteiger partial charge in [-0.15, -0.1) is 0 Å². The maximum atomic E-state index is 12.4. The van der Waals surface area contributed by atoms with Crippen molar-refractivity contribution in [2.75, 3.05) is 0 Å². The van der Waals surface area contributed by atoms with E-state index in [0.29, 0.717) is 10.6 Å². The fourth-order valence-corrected chi connectivity index (χ4v) is 4.13. The van der Waals surface area contributed by atoms with Crippen LogP contribution < -0.4 is 0 Å². The van der Waals surface area contributed by atoms with Crippen molar-refractivity contribution in [2.24, 2.45) is 0 Å². The number of carboxylic acids is 1. The number of fused-ring (bicyclic) bond motifs is 1. The molecule has 0 aliphatic carbocycles. The van der Waals surface area contributed by atoms with Crippen LogP contribution in [0, 0.1) is 6.92 Å². The zero-order valence-electron chi connectivity index (χ0n) is 18.4. The van der Waals surface area contributed by atoms with Gasteiger partial charge in [0.15, 0.2) is 6.10 Å². The van der Waals surface area contributed by atoms with E-state index in [-0.39, 0.29) is 0 Å². The van der Waals surface area contributed by atoms with Gasteiger partial charge in [0.2, 0.25) is 0 Å². The Bertz CT molecular complexity index is 1270. The van der Waals surface area contributed by atoms with Gasteiger partial charge in [0.05, 0.1) is 11.8 Å². The standard InChI is InChI=1S/C26H25ClN2O3/c1-15-11-18-12-17(19-13-28-29-14-19)7-10-21(18)23(16-5-8-20(27)9-6-16)22(15)24(25(30)31)32-26(2,3)4/h5-14,24H,1-4H3,(H,28,29)(H,30,31). The topological polar surface area (TPSA) is 75.2 Å². The van der Waals surface area contributed by atoms with Crippen molar-refractivity contribution in [1.82, 2.24) is 10.2 Å². The molecule has 1 atom stereocenters. The Morgan fingerprint density at radius 3 is 2.34 bits per heavy atom. The number of ether oxygens (including phenoxy) is 1. The number of rotatable bonds is 5. The van der Waals surface area contributed by atoms with E-state index in [1.54, 1.807) is 6.20 Å². The highest BCUT2D eigenvalue weighted by Gasteiger charge is 2.31. The maximum Gasteiger partial charge on any atom is 0.337 e. The van der Waals surface area contributed by atoms with Crippen LogP contribution in [0.2, 0.25) is 5.02 Å². The van der Waals surface area contributed by atoms with Crippen LogP contribution in [-0.2, 0) is 9.53 Å². The van der Waals surface area contributed by atoms with E-state index in [1.807, 2.05) is 76.4 Å². The summed E-state index contributed by atoms with van der Waals surface area (Å²) in [6, 6.07) is 15.6. The molecule has 0 radical (unpaired) electrons. The minimum Gasteiger partial charge on any atom is -0.479 e. The Labute approximate surface area is 192 Å². The molecule has 0 saturated heterocycles. The molecule has 0 spiro atoms. The van der Waals surface area contributed by atoms with Gasteiger partial charge in [-0.05, 0) is 78.9 Å². The van der Waals surface area contributed by atoms with Crippen molar-refractivity contribution in [2.45, 2.75) is 39.4 Å². The molecule has 1 heterocycles. The van der Waals surface area contributed by atoms with Gasteiger partial charge >= 0.3 is 5.97 Å². The summed E-state index contributed by atoms with van der Waals surface area (Å²) in [5, 5.41) is 19.6. The van der Waals surface area contributed by atoms with E-state index in [9.17, 15) is 9.90 Å². The third-order valence-corrected chi connectivity index (χ3v) is 5.56. The Morgan fingerprint density at radius 2 is 1.75 bits per heavy atom. The average molecular weight is 449 g/mol. The highest BCUT2D eigenvalue weighted by atomic mass is 35.5. The predicted molar refractivity (Wildman–Crippen MR) is 128 cm³/mol. The molecule has 4 aromatic rings. The zero-order chi connectivity index (χ0) is 23.0. The number of nitrogens with zero attached hydrogens (tertiary/aromatic N) is 1. The molecule has 4 rings (SSSR count). The number of nitrogens with one attached hydrogen (secondary N) is 1. The summed E-state index contributed by atoms with van der Waals surface area (Å²) < 4.78 is 6.05. The predicted octanol–water partition coefficient (Wildman–Crippen LogP) is 6.80. The third-order valence-electron chi connectivity index (χ3n) is 5.31. The van der Waals surface area contributed by atoms with Crippen LogP contribution in [0.4, 0.5) is 0 Å². The number of aromatic nitrogens is 2. The van der Waals surface area contributed by atoms with E-state index in [4.69, 9.17) is 16.3 Å². The second kappa shape index (κ2) is 8.41. The number of aromatic amines is 1. The number of halogens is 1. The highest BCUT2D eigenvalue weighted by molar-refractivity contribution is 6.30. The molecule has 164 valence electrons. The molecule has 1 aromatic heterocycles. The maximum absolute atomic E-state index is 12.4. The lowest BCUT2D eigenvalue weighted by molar-refractivity contribution is -0.160. The molecule has 0 aliphatic rings. The molecule has 0 fully saturated rings. The number of H-pyrrole nitrogens is 1. The van der Waals surface area contributed by atoms with E-state index in [2.05, 4.69) is 16.3 Å². The summed E-state index contributed by atoms with van der Waals surface area (Å²) >= 11 is 6.14. The number of hydrogen-bond donors (Lipinski definition) is 2. The summed E-state index contributed by atoms with van der Waals surface area (Å²) in [5.74, 6) is -1.02. The Hall–Kier alpha value is -3.15. The zero-order valence-corrected chi connectivity index (χ0v) is 19.2. The molecule has 0 aliphatic heterocycles. The normalized spacial score (nSPS) is 12.8. The largest absolute Gasteiger partial charge is 0.479 e. The van der Waals surface area contributed by atoms with Crippen molar-refractivity contribution in [3.8, 4) is 22.3 Å². The van der Waals surface area contributed by atoms with Gasteiger partial charge in [-0.3, -0.25) is 5.10 Å². The minimum absolute atomic E-state index is 0.621. The van der Waals surface area contributed by atoms with Gasteiger partial charge in [0, 0.05) is 22.3 Å². The smallest absolute Gasteiger partial charge is 0.337 e. The van der Waals surface area contributed by atoms with Gasteiger partial charge in [0.25, 0.3) is 0 Å². The number of aryl methyl sites for hydroxylation is 1. The van der Waals surface area contributed by atoms with Gasteiger partial charge in [0.1, 0.15) is 0 Å². The van der Waals surface area contributed by atoms with E-state index in [1.165, 1.54) is 0 Å². The molecule has 0 saturated carbocycles. The van der Waals surface area contributed by atoms with Crippen LogP contribution in [-0.4, -0.2) is 26.9 Å². The van der Waals surface area contributed by atoms with Crippen molar-refractivity contribution < 1.29 is 14.6 Å². The SMILES string of the molecule is Cc1cc2cc(-c3cn[nH]c3)ccc2c(-c2ccc(Cl)cc2)c1C(OC(C)(C)C)C(=O)O. The fraction of sp³-hybridized carbons (Fsp3) is 0.231. The average Bonchev–Trinajstić information content (AvgIpc) is 3.26. The molecule has 1 unspecified atom stereocenters. The molecule has 0 bridgehead atoms. The number of aliphatic carboxylic acids is 1. The van der Waals surface area contributed by atoms with Gasteiger partial charge in [-0.2, -0.15) is 5.10 Å². The second-order valence-corrected chi connectivity index (χ2v) is 9.30. The summed E-state index contributed by atoms with van der Waals surface area (Å²) in [5.41, 5.74) is 4.61. The van der Waals surface area contributed by atoms with Gasteiger partial charge in [-0.25, -0.2) is 4.79 Å². The number of carboxylic acid groups (broad SMARTS) is 1. The minimum atomic E-state index is -1.11. The Balaban J connectivity index is 2.03. The lowest BCUT2D eigenvalue weighted by atomic mass is 9.86. The monoisotopic (exact) mass is 448 g/mol. The van der Waals surface area contributed by atoms with Crippen LogP contribution in [0.25, 0.3) is 33.0 Å². The lowest BCUT2D eigenvalue weighted by Crippen LogP contribution is -2.28. The Morgan fingerprint density at radius 1 is 1.06 bits per heavy atom. The first-order valence-corrected chi connectivity index (χ1v) is 10.7. The number of hydrogen-bond acceptors (Lipinski definition) is 3. The molecule has 2 N–H and O–H groups in total.